The van der Waals surface area contributed by atoms with Crippen LogP contribution in [0.25, 0.3) is 0 Å². The van der Waals surface area contributed by atoms with E-state index >= 15 is 0 Å². The van der Waals surface area contributed by atoms with Crippen LogP contribution in [0.1, 0.15) is 31.2 Å². The summed E-state index contributed by atoms with van der Waals surface area (Å²) in [4.78, 5) is 17.3. The zero-order valence-corrected chi connectivity index (χ0v) is 12.9. The van der Waals surface area contributed by atoms with Crippen LogP contribution < -0.4 is 0 Å². The molecule has 1 aliphatic carbocycles. The van der Waals surface area contributed by atoms with E-state index in [0.29, 0.717) is 6.54 Å². The third kappa shape index (κ3) is 2.65. The van der Waals surface area contributed by atoms with E-state index in [1.54, 1.807) is 6.07 Å². The van der Waals surface area contributed by atoms with Crippen molar-refractivity contribution in [3.63, 3.8) is 0 Å². The first kappa shape index (κ1) is 14.2. The smallest absolute Gasteiger partial charge is 0.230 e. The van der Waals surface area contributed by atoms with Gasteiger partial charge in [0.05, 0.1) is 5.41 Å². The van der Waals surface area contributed by atoms with Gasteiger partial charge in [0, 0.05) is 26.2 Å². The van der Waals surface area contributed by atoms with Crippen molar-refractivity contribution in [2.24, 2.45) is 11.3 Å². The van der Waals surface area contributed by atoms with E-state index in [2.05, 4.69) is 4.90 Å². The fourth-order valence-corrected chi connectivity index (χ4v) is 4.06. The maximum absolute atomic E-state index is 13.3. The SMILES string of the molecule is O=C1N(Cc2cccc(F)c2)CC[C@]12CCN(CC1CC1)C2. The highest BCUT2D eigenvalue weighted by atomic mass is 19.1. The van der Waals surface area contributed by atoms with Gasteiger partial charge in [0.15, 0.2) is 0 Å². The minimum Gasteiger partial charge on any atom is -0.338 e. The summed E-state index contributed by atoms with van der Waals surface area (Å²) in [6.45, 7) is 4.53. The monoisotopic (exact) mass is 302 g/mol. The summed E-state index contributed by atoms with van der Waals surface area (Å²) in [5.41, 5.74) is 0.737. The molecule has 0 unspecified atom stereocenters. The number of nitrogens with zero attached hydrogens (tertiary/aromatic N) is 2. The molecule has 1 spiro atoms. The molecule has 0 radical (unpaired) electrons. The Labute approximate surface area is 131 Å². The maximum Gasteiger partial charge on any atom is 0.230 e. The van der Waals surface area contributed by atoms with Gasteiger partial charge in [-0.05, 0) is 55.8 Å². The summed E-state index contributed by atoms with van der Waals surface area (Å²) in [5.74, 6) is 0.945. The van der Waals surface area contributed by atoms with E-state index in [0.717, 1.165) is 44.0 Å². The Morgan fingerprint density at radius 2 is 2.05 bits per heavy atom. The number of rotatable bonds is 4. The Morgan fingerprint density at radius 3 is 2.82 bits per heavy atom. The van der Waals surface area contributed by atoms with Crippen LogP contribution in [0.2, 0.25) is 0 Å². The highest BCUT2D eigenvalue weighted by Crippen LogP contribution is 2.42. The maximum atomic E-state index is 13.3. The fraction of sp³-hybridized carbons (Fsp3) is 0.611. The molecule has 2 saturated heterocycles. The summed E-state index contributed by atoms with van der Waals surface area (Å²) in [6.07, 6.45) is 4.69. The van der Waals surface area contributed by atoms with E-state index in [4.69, 9.17) is 0 Å². The molecule has 3 aliphatic rings. The van der Waals surface area contributed by atoms with Gasteiger partial charge < -0.3 is 9.80 Å². The molecule has 0 N–H and O–H groups in total. The van der Waals surface area contributed by atoms with E-state index in [1.807, 2.05) is 11.0 Å². The van der Waals surface area contributed by atoms with Crippen LogP contribution in [0.3, 0.4) is 0 Å². The number of likely N-dealkylation sites (tertiary alicyclic amines) is 2. The average Bonchev–Trinajstić information content (AvgIpc) is 3.14. The summed E-state index contributed by atoms with van der Waals surface area (Å²) >= 11 is 0. The number of carbonyl (C=O) groups excluding carboxylic acids is 1. The quantitative estimate of drug-likeness (QED) is 0.854. The van der Waals surface area contributed by atoms with Gasteiger partial charge in [0.2, 0.25) is 5.91 Å². The van der Waals surface area contributed by atoms with E-state index in [9.17, 15) is 9.18 Å². The Balaban J connectivity index is 1.41. The number of hydrogen-bond donors (Lipinski definition) is 0. The standard InChI is InChI=1S/C18H23FN2O/c19-16-3-1-2-15(10-16)12-21-9-7-18(17(21)22)6-8-20(13-18)11-14-4-5-14/h1-3,10,14H,4-9,11-13H2/t18-/m0/s1. The van der Waals surface area contributed by atoms with Crippen molar-refractivity contribution in [1.82, 2.24) is 9.80 Å². The highest BCUT2D eigenvalue weighted by Gasteiger charge is 2.50. The largest absolute Gasteiger partial charge is 0.338 e. The molecule has 3 nitrogen and oxygen atoms in total. The summed E-state index contributed by atoms with van der Waals surface area (Å²) in [5, 5.41) is 0. The molecule has 2 aliphatic heterocycles. The van der Waals surface area contributed by atoms with Crippen molar-refractivity contribution in [1.29, 1.82) is 0 Å². The third-order valence-corrected chi connectivity index (χ3v) is 5.51. The molecular weight excluding hydrogens is 279 g/mol. The second kappa shape index (κ2) is 5.34. The lowest BCUT2D eigenvalue weighted by Gasteiger charge is -2.24. The molecule has 1 saturated carbocycles. The Bertz CT molecular complexity index is 586. The first-order chi connectivity index (χ1) is 10.6. The molecule has 1 aromatic carbocycles. The number of amides is 1. The Hall–Kier alpha value is -1.42. The summed E-state index contributed by atoms with van der Waals surface area (Å²) in [7, 11) is 0. The van der Waals surface area contributed by atoms with Crippen molar-refractivity contribution < 1.29 is 9.18 Å². The van der Waals surface area contributed by atoms with Crippen LogP contribution >= 0.6 is 0 Å². The lowest BCUT2D eigenvalue weighted by atomic mass is 9.85. The molecule has 1 atom stereocenters. The zero-order chi connectivity index (χ0) is 15.2. The van der Waals surface area contributed by atoms with Gasteiger partial charge in [-0.15, -0.1) is 0 Å². The molecule has 2 heterocycles. The van der Waals surface area contributed by atoms with Gasteiger partial charge in [0.1, 0.15) is 5.82 Å². The summed E-state index contributed by atoms with van der Waals surface area (Å²) in [6, 6.07) is 6.60. The topological polar surface area (TPSA) is 23.6 Å². The van der Waals surface area contributed by atoms with Crippen LogP contribution in [-0.4, -0.2) is 41.9 Å². The van der Waals surface area contributed by atoms with Crippen molar-refractivity contribution >= 4 is 5.91 Å². The Morgan fingerprint density at radius 1 is 1.23 bits per heavy atom. The number of benzene rings is 1. The first-order valence-corrected chi connectivity index (χ1v) is 8.41. The normalized spacial score (nSPS) is 29.0. The molecule has 22 heavy (non-hydrogen) atoms. The average molecular weight is 302 g/mol. The number of halogens is 1. The third-order valence-electron chi connectivity index (χ3n) is 5.51. The predicted molar refractivity (Wildman–Crippen MR) is 82.6 cm³/mol. The van der Waals surface area contributed by atoms with E-state index in [1.165, 1.54) is 31.5 Å². The molecule has 4 heteroatoms. The molecular formula is C18H23FN2O. The predicted octanol–water partition coefficient (Wildman–Crippen LogP) is 2.66. The van der Waals surface area contributed by atoms with Crippen LogP contribution in [0.4, 0.5) is 4.39 Å². The fourth-order valence-electron chi connectivity index (χ4n) is 4.06. The molecule has 118 valence electrons. The number of carbonyl (C=O) groups is 1. The second-order valence-electron chi connectivity index (χ2n) is 7.32. The first-order valence-electron chi connectivity index (χ1n) is 8.41. The molecule has 1 aromatic rings. The van der Waals surface area contributed by atoms with Gasteiger partial charge in [-0.1, -0.05) is 12.1 Å². The van der Waals surface area contributed by atoms with Gasteiger partial charge >= 0.3 is 0 Å². The van der Waals surface area contributed by atoms with Crippen molar-refractivity contribution in [3.05, 3.63) is 35.6 Å². The lowest BCUT2D eigenvalue weighted by Crippen LogP contribution is -2.37. The highest BCUT2D eigenvalue weighted by molar-refractivity contribution is 5.85. The molecule has 0 aromatic heterocycles. The Kier molecular flexibility index (Phi) is 3.44. The molecule has 4 rings (SSSR count). The molecule has 1 amide bonds. The van der Waals surface area contributed by atoms with Crippen molar-refractivity contribution in [2.75, 3.05) is 26.2 Å². The summed E-state index contributed by atoms with van der Waals surface area (Å²) < 4.78 is 13.3. The van der Waals surface area contributed by atoms with Crippen LogP contribution in [0.15, 0.2) is 24.3 Å². The minimum absolute atomic E-state index is 0.151. The van der Waals surface area contributed by atoms with E-state index < -0.39 is 0 Å². The lowest BCUT2D eigenvalue weighted by molar-refractivity contribution is -0.136. The molecule has 0 bridgehead atoms. The van der Waals surface area contributed by atoms with Gasteiger partial charge in [-0.3, -0.25) is 4.79 Å². The van der Waals surface area contributed by atoms with Crippen LogP contribution in [-0.2, 0) is 11.3 Å². The van der Waals surface area contributed by atoms with Crippen LogP contribution in [0.5, 0.6) is 0 Å². The molecule has 3 fully saturated rings. The van der Waals surface area contributed by atoms with Gasteiger partial charge in [0.25, 0.3) is 0 Å². The number of hydrogen-bond acceptors (Lipinski definition) is 2. The zero-order valence-electron chi connectivity index (χ0n) is 12.9. The second-order valence-corrected chi connectivity index (χ2v) is 7.32. The van der Waals surface area contributed by atoms with Crippen molar-refractivity contribution in [3.8, 4) is 0 Å². The minimum atomic E-state index is -0.227. The van der Waals surface area contributed by atoms with Gasteiger partial charge in [-0.2, -0.15) is 0 Å². The van der Waals surface area contributed by atoms with Crippen molar-refractivity contribution in [2.45, 2.75) is 32.2 Å². The van der Waals surface area contributed by atoms with E-state index in [-0.39, 0.29) is 17.1 Å². The van der Waals surface area contributed by atoms with Crippen LogP contribution in [0, 0.1) is 17.2 Å². The van der Waals surface area contributed by atoms with Gasteiger partial charge in [-0.25, -0.2) is 4.39 Å².